The first kappa shape index (κ1) is 8.73. The highest BCUT2D eigenvalue weighted by Gasteiger charge is 2.24. The van der Waals surface area contributed by atoms with Crippen LogP contribution in [-0.2, 0) is 4.74 Å². The molecule has 2 aromatic heterocycles. The topological polar surface area (TPSA) is 35.8 Å². The van der Waals surface area contributed by atoms with Gasteiger partial charge in [0.25, 0.3) is 0 Å². The van der Waals surface area contributed by atoms with Crippen molar-refractivity contribution >= 4 is 5.65 Å². The van der Waals surface area contributed by atoms with Gasteiger partial charge in [0.15, 0.2) is 0 Å². The second kappa shape index (κ2) is 3.24. The van der Waals surface area contributed by atoms with E-state index in [1.165, 1.54) is 5.56 Å². The molecule has 0 saturated carbocycles. The highest BCUT2D eigenvalue weighted by atomic mass is 16.5. The van der Waals surface area contributed by atoms with Gasteiger partial charge in [-0.3, -0.25) is 0 Å². The van der Waals surface area contributed by atoms with Crippen molar-refractivity contribution < 1.29 is 9.47 Å². The van der Waals surface area contributed by atoms with Gasteiger partial charge < -0.3 is 13.9 Å². The van der Waals surface area contributed by atoms with Gasteiger partial charge >= 0.3 is 0 Å². The molecule has 15 heavy (non-hydrogen) atoms. The largest absolute Gasteiger partial charge is 0.495 e. The van der Waals surface area contributed by atoms with Gasteiger partial charge in [-0.05, 0) is 6.07 Å². The minimum Gasteiger partial charge on any atom is -0.495 e. The summed E-state index contributed by atoms with van der Waals surface area (Å²) < 4.78 is 12.5. The molecule has 4 heteroatoms. The van der Waals surface area contributed by atoms with Crippen LogP contribution >= 0.6 is 0 Å². The molecule has 0 N–H and O–H groups in total. The maximum absolute atomic E-state index is 5.38. The van der Waals surface area contributed by atoms with Gasteiger partial charge in [0.05, 0.1) is 26.5 Å². The average Bonchev–Trinajstić information content (AvgIpc) is 2.60. The first-order chi connectivity index (χ1) is 7.38. The maximum atomic E-state index is 5.38. The third-order valence-corrected chi connectivity index (χ3v) is 2.82. The van der Waals surface area contributed by atoms with Crippen molar-refractivity contribution in [3.63, 3.8) is 0 Å². The third kappa shape index (κ3) is 1.29. The highest BCUT2D eigenvalue weighted by Crippen LogP contribution is 2.32. The molecule has 0 atom stereocenters. The number of pyridine rings is 1. The summed E-state index contributed by atoms with van der Waals surface area (Å²) in [7, 11) is 1.70. The van der Waals surface area contributed by atoms with E-state index >= 15 is 0 Å². The van der Waals surface area contributed by atoms with E-state index < -0.39 is 0 Å². The zero-order valence-corrected chi connectivity index (χ0v) is 8.51. The van der Waals surface area contributed by atoms with E-state index in [4.69, 9.17) is 9.47 Å². The smallest absolute Gasteiger partial charge is 0.139 e. The van der Waals surface area contributed by atoms with E-state index in [0.717, 1.165) is 24.6 Å². The van der Waals surface area contributed by atoms with E-state index in [2.05, 4.69) is 11.1 Å². The summed E-state index contributed by atoms with van der Waals surface area (Å²) in [5.74, 6) is 1.37. The second-order valence-corrected chi connectivity index (χ2v) is 3.72. The molecular weight excluding hydrogens is 192 g/mol. The van der Waals surface area contributed by atoms with Crippen molar-refractivity contribution in [1.29, 1.82) is 0 Å². The molecule has 0 unspecified atom stereocenters. The fraction of sp³-hybridized carbons (Fsp3) is 0.364. The van der Waals surface area contributed by atoms with Crippen LogP contribution in [0.15, 0.2) is 24.7 Å². The standard InChI is InChI=1S/C11H12N2O2/c1-14-10-5-13-3-2-12-11(13)4-9(10)8-6-15-7-8/h2-5,8H,6-7H2,1H3. The molecular formula is C11H12N2O2. The number of methoxy groups -OCH3 is 1. The monoisotopic (exact) mass is 204 g/mol. The molecule has 0 amide bonds. The van der Waals surface area contributed by atoms with Crippen LogP contribution in [0.5, 0.6) is 5.75 Å². The van der Waals surface area contributed by atoms with Crippen LogP contribution in [-0.4, -0.2) is 29.7 Å². The molecule has 0 aromatic carbocycles. The minimum atomic E-state index is 0.460. The van der Waals surface area contributed by atoms with Crippen molar-refractivity contribution in [3.05, 3.63) is 30.2 Å². The van der Waals surface area contributed by atoms with Crippen molar-refractivity contribution in [2.75, 3.05) is 20.3 Å². The summed E-state index contributed by atoms with van der Waals surface area (Å²) in [4.78, 5) is 4.26. The molecule has 2 aromatic rings. The molecule has 1 aliphatic heterocycles. The second-order valence-electron chi connectivity index (χ2n) is 3.72. The number of hydrogen-bond donors (Lipinski definition) is 0. The van der Waals surface area contributed by atoms with Crippen LogP contribution in [0.3, 0.4) is 0 Å². The first-order valence-electron chi connectivity index (χ1n) is 4.97. The third-order valence-electron chi connectivity index (χ3n) is 2.82. The summed E-state index contributed by atoms with van der Waals surface area (Å²) in [6.07, 6.45) is 5.67. The normalized spacial score (nSPS) is 16.6. The number of imidazole rings is 1. The summed E-state index contributed by atoms with van der Waals surface area (Å²) in [5.41, 5.74) is 2.15. The van der Waals surface area contributed by atoms with Gasteiger partial charge in [-0.2, -0.15) is 0 Å². The molecule has 1 saturated heterocycles. The Morgan fingerprint density at radius 3 is 3.07 bits per heavy atom. The number of ether oxygens (including phenoxy) is 2. The summed E-state index contributed by atoms with van der Waals surface area (Å²) in [6.45, 7) is 1.57. The molecule has 1 fully saturated rings. The van der Waals surface area contributed by atoms with Gasteiger partial charge in [0, 0.05) is 23.9 Å². The Hall–Kier alpha value is -1.55. The summed E-state index contributed by atoms with van der Waals surface area (Å²) in [5, 5.41) is 0. The SMILES string of the molecule is COc1cn2ccnc2cc1C1COC1. The van der Waals surface area contributed by atoms with Crippen molar-refractivity contribution in [3.8, 4) is 5.75 Å². The molecule has 3 heterocycles. The predicted octanol–water partition coefficient (Wildman–Crippen LogP) is 1.46. The molecule has 78 valence electrons. The Bertz CT molecular complexity index is 488. The van der Waals surface area contributed by atoms with Gasteiger partial charge in [0.1, 0.15) is 11.4 Å². The molecule has 4 nitrogen and oxygen atoms in total. The molecule has 0 bridgehead atoms. The van der Waals surface area contributed by atoms with Gasteiger partial charge in [0.2, 0.25) is 0 Å². The lowest BCUT2D eigenvalue weighted by molar-refractivity contribution is 0.00753. The summed E-state index contributed by atoms with van der Waals surface area (Å²) in [6, 6.07) is 2.08. The number of nitrogens with zero attached hydrogens (tertiary/aromatic N) is 2. The van der Waals surface area contributed by atoms with Crippen LogP contribution in [0.4, 0.5) is 0 Å². The zero-order valence-electron chi connectivity index (χ0n) is 8.51. The highest BCUT2D eigenvalue weighted by molar-refractivity contribution is 5.49. The first-order valence-corrected chi connectivity index (χ1v) is 4.97. The number of fused-ring (bicyclic) bond motifs is 1. The van der Waals surface area contributed by atoms with Crippen molar-refractivity contribution in [2.24, 2.45) is 0 Å². The van der Waals surface area contributed by atoms with Crippen LogP contribution in [0.2, 0.25) is 0 Å². The lowest BCUT2D eigenvalue weighted by Gasteiger charge is -2.27. The van der Waals surface area contributed by atoms with E-state index in [-0.39, 0.29) is 0 Å². The minimum absolute atomic E-state index is 0.460. The number of hydrogen-bond acceptors (Lipinski definition) is 3. The van der Waals surface area contributed by atoms with Crippen LogP contribution in [0, 0.1) is 0 Å². The quantitative estimate of drug-likeness (QED) is 0.743. The lowest BCUT2D eigenvalue weighted by atomic mass is 9.98. The zero-order chi connectivity index (χ0) is 10.3. The van der Waals surface area contributed by atoms with E-state index in [1.54, 1.807) is 13.3 Å². The number of rotatable bonds is 2. The van der Waals surface area contributed by atoms with Crippen LogP contribution < -0.4 is 4.74 Å². The Balaban J connectivity index is 2.15. The van der Waals surface area contributed by atoms with Crippen LogP contribution in [0.25, 0.3) is 5.65 Å². The Labute approximate surface area is 87.5 Å². The van der Waals surface area contributed by atoms with Gasteiger partial charge in [-0.1, -0.05) is 0 Å². The molecule has 0 aliphatic carbocycles. The Morgan fingerprint density at radius 2 is 2.40 bits per heavy atom. The van der Waals surface area contributed by atoms with Crippen molar-refractivity contribution in [2.45, 2.75) is 5.92 Å². The lowest BCUT2D eigenvalue weighted by Crippen LogP contribution is -2.25. The predicted molar refractivity (Wildman–Crippen MR) is 55.3 cm³/mol. The molecule has 0 radical (unpaired) electrons. The fourth-order valence-electron chi connectivity index (χ4n) is 1.86. The molecule has 3 rings (SSSR count). The van der Waals surface area contributed by atoms with Crippen LogP contribution in [0.1, 0.15) is 11.5 Å². The van der Waals surface area contributed by atoms with Gasteiger partial charge in [-0.25, -0.2) is 4.98 Å². The number of aromatic nitrogens is 2. The molecule has 1 aliphatic rings. The van der Waals surface area contributed by atoms with E-state index in [1.807, 2.05) is 16.8 Å². The fourth-order valence-corrected chi connectivity index (χ4v) is 1.86. The van der Waals surface area contributed by atoms with Crippen molar-refractivity contribution in [1.82, 2.24) is 9.38 Å². The average molecular weight is 204 g/mol. The Kier molecular flexibility index (Phi) is 1.89. The molecule has 0 spiro atoms. The Morgan fingerprint density at radius 1 is 1.53 bits per heavy atom. The summed E-state index contributed by atoms with van der Waals surface area (Å²) >= 11 is 0. The maximum Gasteiger partial charge on any atom is 0.139 e. The van der Waals surface area contributed by atoms with E-state index in [9.17, 15) is 0 Å². The van der Waals surface area contributed by atoms with E-state index in [0.29, 0.717) is 5.92 Å². The van der Waals surface area contributed by atoms with Gasteiger partial charge in [-0.15, -0.1) is 0 Å².